The third kappa shape index (κ3) is 4.59. The molecule has 1 aromatic rings. The van der Waals surface area contributed by atoms with Crippen molar-refractivity contribution in [2.75, 3.05) is 11.9 Å². The number of rotatable bonds is 5. The first-order valence-electron chi connectivity index (χ1n) is 7.98. The topological polar surface area (TPSA) is 69.6 Å². The van der Waals surface area contributed by atoms with E-state index in [4.69, 9.17) is 0 Å². The molecule has 1 saturated heterocycles. The van der Waals surface area contributed by atoms with Crippen LogP contribution in [0.3, 0.4) is 0 Å². The third-order valence-corrected chi connectivity index (χ3v) is 3.89. The molecular weight excluding hydrogens is 304 g/mol. The zero-order valence-corrected chi connectivity index (χ0v) is 13.5. The number of hydrogen-bond donors (Lipinski definition) is 2. The zero-order chi connectivity index (χ0) is 17.4. The summed E-state index contributed by atoms with van der Waals surface area (Å²) in [7, 11) is 0. The van der Waals surface area contributed by atoms with E-state index in [1.54, 1.807) is 12.1 Å². The molecule has 24 heavy (non-hydrogen) atoms. The highest BCUT2D eigenvalue weighted by atomic mass is 16.4. The van der Waals surface area contributed by atoms with Gasteiger partial charge in [-0.2, -0.15) is 0 Å². The Hall–Kier alpha value is -2.82. The summed E-state index contributed by atoms with van der Waals surface area (Å²) < 4.78 is 0. The number of aliphatic carboxylic acids is 1. The summed E-state index contributed by atoms with van der Waals surface area (Å²) in [6.45, 7) is 4.07. The fraction of sp³-hybridized carbons (Fsp3) is 0.263. The van der Waals surface area contributed by atoms with E-state index >= 15 is 0 Å². The lowest BCUT2D eigenvalue weighted by Gasteiger charge is -2.33. The van der Waals surface area contributed by atoms with Gasteiger partial charge in [0.15, 0.2) is 0 Å². The highest BCUT2D eigenvalue weighted by molar-refractivity contribution is 5.94. The van der Waals surface area contributed by atoms with Gasteiger partial charge in [0.25, 0.3) is 0 Å². The van der Waals surface area contributed by atoms with E-state index in [0.717, 1.165) is 18.4 Å². The van der Waals surface area contributed by atoms with Gasteiger partial charge in [-0.15, -0.1) is 0 Å². The van der Waals surface area contributed by atoms with Crippen molar-refractivity contribution < 1.29 is 14.7 Å². The average Bonchev–Trinajstić information content (AvgIpc) is 2.60. The number of para-hydroxylation sites is 1. The van der Waals surface area contributed by atoms with E-state index in [2.05, 4.69) is 11.9 Å². The molecule has 0 aromatic heterocycles. The van der Waals surface area contributed by atoms with Gasteiger partial charge in [-0.25, -0.2) is 9.59 Å². The maximum Gasteiger partial charge on any atom is 0.326 e. The van der Waals surface area contributed by atoms with Crippen molar-refractivity contribution in [3.63, 3.8) is 0 Å². The molecule has 1 heterocycles. The van der Waals surface area contributed by atoms with Crippen molar-refractivity contribution in [1.82, 2.24) is 4.90 Å². The number of hydrogen-bond acceptors (Lipinski definition) is 2. The fourth-order valence-corrected chi connectivity index (χ4v) is 2.68. The van der Waals surface area contributed by atoms with Crippen molar-refractivity contribution in [1.29, 1.82) is 0 Å². The lowest BCUT2D eigenvalue weighted by atomic mass is 10.0. The summed E-state index contributed by atoms with van der Waals surface area (Å²) >= 11 is 0. The second-order valence-electron chi connectivity index (χ2n) is 5.54. The van der Waals surface area contributed by atoms with Gasteiger partial charge in [-0.3, -0.25) is 0 Å². The molecule has 1 atom stereocenters. The van der Waals surface area contributed by atoms with Crippen molar-refractivity contribution in [2.45, 2.75) is 25.3 Å². The first kappa shape index (κ1) is 17.5. The SMILES string of the molecule is C=CC=CC=Cc1ccccc1NC(=O)N1CCCCC1C(=O)O. The maximum absolute atomic E-state index is 12.5. The smallest absolute Gasteiger partial charge is 0.326 e. The number of nitrogens with zero attached hydrogens (tertiary/aromatic N) is 1. The molecule has 2 N–H and O–H groups in total. The van der Waals surface area contributed by atoms with E-state index in [0.29, 0.717) is 18.7 Å². The average molecular weight is 326 g/mol. The second-order valence-corrected chi connectivity index (χ2v) is 5.54. The van der Waals surface area contributed by atoms with Gasteiger partial charge in [0, 0.05) is 12.2 Å². The van der Waals surface area contributed by atoms with Crippen LogP contribution in [-0.4, -0.2) is 34.6 Å². The molecule has 0 saturated carbocycles. The minimum absolute atomic E-state index is 0.371. The Bertz CT molecular complexity index is 664. The van der Waals surface area contributed by atoms with Crippen LogP contribution in [0.4, 0.5) is 10.5 Å². The van der Waals surface area contributed by atoms with Crippen LogP contribution in [0.2, 0.25) is 0 Å². The standard InChI is InChI=1S/C19H22N2O3/c1-2-3-4-5-10-15-11-6-7-12-16(15)20-19(24)21-14-9-8-13-17(21)18(22)23/h2-7,10-12,17H,1,8-9,13-14H2,(H,20,24)(H,22,23). The molecule has 1 aliphatic heterocycles. The van der Waals surface area contributed by atoms with E-state index < -0.39 is 12.0 Å². The minimum Gasteiger partial charge on any atom is -0.480 e. The van der Waals surface area contributed by atoms with Crippen LogP contribution in [0.5, 0.6) is 0 Å². The second kappa shape index (κ2) is 8.72. The number of likely N-dealkylation sites (tertiary alicyclic amines) is 1. The molecule has 1 unspecified atom stereocenters. The van der Waals surface area contributed by atoms with Crippen LogP contribution in [0.25, 0.3) is 6.08 Å². The predicted octanol–water partition coefficient (Wildman–Crippen LogP) is 3.91. The van der Waals surface area contributed by atoms with E-state index in [-0.39, 0.29) is 6.03 Å². The molecule has 126 valence electrons. The van der Waals surface area contributed by atoms with Crippen LogP contribution in [-0.2, 0) is 4.79 Å². The molecule has 0 bridgehead atoms. The molecule has 0 aliphatic carbocycles. The molecule has 5 heteroatoms. The van der Waals surface area contributed by atoms with Gasteiger partial charge in [0.1, 0.15) is 6.04 Å². The Morgan fingerprint density at radius 1 is 1.21 bits per heavy atom. The first-order valence-corrected chi connectivity index (χ1v) is 7.98. The molecule has 0 spiro atoms. The van der Waals surface area contributed by atoms with Crippen LogP contribution in [0.1, 0.15) is 24.8 Å². The molecule has 1 aliphatic rings. The van der Waals surface area contributed by atoms with Gasteiger partial charge >= 0.3 is 12.0 Å². The fourth-order valence-electron chi connectivity index (χ4n) is 2.68. The van der Waals surface area contributed by atoms with Crippen molar-refractivity contribution in [3.8, 4) is 0 Å². The number of carboxylic acids is 1. The molecule has 2 amide bonds. The number of anilines is 1. The first-order chi connectivity index (χ1) is 11.6. The van der Waals surface area contributed by atoms with Gasteiger partial charge < -0.3 is 15.3 Å². The Balaban J connectivity index is 2.13. The maximum atomic E-state index is 12.5. The van der Waals surface area contributed by atoms with Crippen molar-refractivity contribution in [3.05, 3.63) is 60.7 Å². The number of carboxylic acid groups (broad SMARTS) is 1. The number of allylic oxidation sites excluding steroid dienone is 4. The number of carbonyl (C=O) groups is 2. The molecule has 0 radical (unpaired) electrons. The predicted molar refractivity (Wildman–Crippen MR) is 95.8 cm³/mol. The van der Waals surface area contributed by atoms with E-state index in [1.165, 1.54) is 4.90 Å². The normalized spacial score (nSPS) is 18.0. The molecular formula is C19H22N2O3. The van der Waals surface area contributed by atoms with Crippen molar-refractivity contribution in [2.24, 2.45) is 0 Å². The number of nitrogens with one attached hydrogen (secondary N) is 1. The summed E-state index contributed by atoms with van der Waals surface area (Å²) in [5, 5.41) is 12.1. The van der Waals surface area contributed by atoms with Crippen LogP contribution in [0.15, 0.2) is 55.1 Å². The number of amides is 2. The molecule has 2 rings (SSSR count). The van der Waals surface area contributed by atoms with Crippen LogP contribution in [0, 0.1) is 0 Å². The Morgan fingerprint density at radius 3 is 2.75 bits per heavy atom. The van der Waals surface area contributed by atoms with Crippen LogP contribution < -0.4 is 5.32 Å². The van der Waals surface area contributed by atoms with E-state index in [9.17, 15) is 14.7 Å². The quantitative estimate of drug-likeness (QED) is 0.806. The number of benzene rings is 1. The lowest BCUT2D eigenvalue weighted by molar-refractivity contribution is -0.143. The highest BCUT2D eigenvalue weighted by Gasteiger charge is 2.32. The Kier molecular flexibility index (Phi) is 6.37. The highest BCUT2D eigenvalue weighted by Crippen LogP contribution is 2.21. The summed E-state index contributed by atoms with van der Waals surface area (Å²) in [6.07, 6.45) is 11.2. The minimum atomic E-state index is -0.951. The molecule has 5 nitrogen and oxygen atoms in total. The summed E-state index contributed by atoms with van der Waals surface area (Å²) in [6, 6.07) is 6.28. The van der Waals surface area contributed by atoms with E-state index in [1.807, 2.05) is 42.5 Å². The summed E-state index contributed by atoms with van der Waals surface area (Å²) in [5.74, 6) is -0.951. The third-order valence-electron chi connectivity index (χ3n) is 3.89. The summed E-state index contributed by atoms with van der Waals surface area (Å²) in [4.78, 5) is 25.3. The van der Waals surface area contributed by atoms with Crippen LogP contribution >= 0.6 is 0 Å². The van der Waals surface area contributed by atoms with Gasteiger partial charge in [0.2, 0.25) is 0 Å². The number of piperidine rings is 1. The Morgan fingerprint density at radius 2 is 2.00 bits per heavy atom. The monoisotopic (exact) mass is 326 g/mol. The molecule has 1 fully saturated rings. The molecule has 1 aromatic carbocycles. The van der Waals surface area contributed by atoms with Crippen molar-refractivity contribution >= 4 is 23.8 Å². The largest absolute Gasteiger partial charge is 0.480 e. The lowest BCUT2D eigenvalue weighted by Crippen LogP contribution is -2.49. The summed E-state index contributed by atoms with van der Waals surface area (Å²) in [5.41, 5.74) is 1.50. The Labute approximate surface area is 142 Å². The van der Waals surface area contributed by atoms with Gasteiger partial charge in [0.05, 0.1) is 0 Å². The number of urea groups is 1. The van der Waals surface area contributed by atoms with Gasteiger partial charge in [-0.1, -0.05) is 55.2 Å². The van der Waals surface area contributed by atoms with Gasteiger partial charge in [-0.05, 0) is 30.9 Å². The number of carbonyl (C=O) groups excluding carboxylic acids is 1. The zero-order valence-electron chi connectivity index (χ0n) is 13.5.